The molecular weight excluding hydrogens is 133 g/mol. The van der Waals surface area contributed by atoms with E-state index in [0.29, 0.717) is 13.0 Å². The molecule has 0 fully saturated rings. The molecule has 10 heavy (non-hydrogen) atoms. The molecular formula is C6H14N2O2. The summed E-state index contributed by atoms with van der Waals surface area (Å²) in [6.07, 6.45) is 2.16. The lowest BCUT2D eigenvalue weighted by molar-refractivity contribution is -0.138. The van der Waals surface area contributed by atoms with Crippen molar-refractivity contribution in [1.82, 2.24) is 0 Å². The number of hydrogen-bond donors (Lipinski definition) is 3. The van der Waals surface area contributed by atoms with Crippen molar-refractivity contribution in [2.24, 2.45) is 11.5 Å². The van der Waals surface area contributed by atoms with Gasteiger partial charge in [-0.3, -0.25) is 4.79 Å². The Hall–Kier alpha value is -0.610. The second-order valence-electron chi connectivity index (χ2n) is 2.23. The van der Waals surface area contributed by atoms with Crippen LogP contribution in [0.25, 0.3) is 0 Å². The van der Waals surface area contributed by atoms with Crippen molar-refractivity contribution in [2.75, 3.05) is 6.54 Å². The number of unbranched alkanes of at least 4 members (excludes halogenated alkanes) is 1. The Balaban J connectivity index is 3.21. The van der Waals surface area contributed by atoms with Gasteiger partial charge in [0.15, 0.2) is 0 Å². The van der Waals surface area contributed by atoms with E-state index in [4.69, 9.17) is 16.6 Å². The highest BCUT2D eigenvalue weighted by Crippen LogP contribution is 1.96. The average molecular weight is 147 g/mol. The lowest BCUT2D eigenvalue weighted by atomic mass is 10.1. The molecule has 0 bridgehead atoms. The summed E-state index contributed by atoms with van der Waals surface area (Å²) in [6.45, 7) is 0.604. The molecule has 1 atom stereocenters. The topological polar surface area (TPSA) is 89.3 Å². The first-order chi connectivity index (χ1) is 4.68. The molecule has 0 radical (unpaired) electrons. The minimum Gasteiger partial charge on any atom is -0.480 e. The Morgan fingerprint density at radius 1 is 1.50 bits per heavy atom. The molecule has 0 aliphatic heterocycles. The van der Waals surface area contributed by atoms with Gasteiger partial charge in [0.05, 0.1) is 0 Å². The van der Waals surface area contributed by atoms with Crippen LogP contribution in [-0.2, 0) is 4.79 Å². The first kappa shape index (κ1) is 9.39. The monoisotopic (exact) mass is 147 g/mol. The van der Waals surface area contributed by atoms with Crippen molar-refractivity contribution in [3.8, 4) is 0 Å². The predicted octanol–water partition coefficient (Wildman–Crippen LogP) is -0.473. The number of rotatable bonds is 5. The van der Waals surface area contributed by atoms with Gasteiger partial charge >= 0.3 is 5.97 Å². The zero-order chi connectivity index (χ0) is 7.98. The number of hydrogen-bond acceptors (Lipinski definition) is 3. The molecule has 0 heterocycles. The van der Waals surface area contributed by atoms with Gasteiger partial charge in [-0.25, -0.2) is 0 Å². The summed E-state index contributed by atoms with van der Waals surface area (Å²) in [7, 11) is 0. The molecule has 0 spiro atoms. The summed E-state index contributed by atoms with van der Waals surface area (Å²) in [6, 6.07) is -0.716. The van der Waals surface area contributed by atoms with Crippen molar-refractivity contribution in [1.29, 1.82) is 0 Å². The predicted molar refractivity (Wildman–Crippen MR) is 38.5 cm³/mol. The van der Waals surface area contributed by atoms with E-state index in [2.05, 4.69) is 0 Å². The molecule has 4 nitrogen and oxygen atoms in total. The molecule has 60 valence electrons. The van der Waals surface area contributed by atoms with E-state index in [1.807, 2.05) is 0 Å². The van der Waals surface area contributed by atoms with Crippen LogP contribution >= 0.6 is 0 Å². The fourth-order valence-electron chi connectivity index (χ4n) is 0.632. The first-order valence-corrected chi connectivity index (χ1v) is 3.37. The number of nitrogens with two attached hydrogens (primary N) is 2. The Kier molecular flexibility index (Phi) is 4.88. The van der Waals surface area contributed by atoms with Crippen LogP contribution in [0, 0.1) is 0 Å². The zero-order valence-electron chi connectivity index (χ0n) is 5.92. The Morgan fingerprint density at radius 2 is 2.10 bits per heavy atom. The normalized spacial score (nSPS) is 13.0. The van der Waals surface area contributed by atoms with Crippen LogP contribution in [0.3, 0.4) is 0 Å². The van der Waals surface area contributed by atoms with Crippen molar-refractivity contribution < 1.29 is 9.90 Å². The molecule has 4 heteroatoms. The largest absolute Gasteiger partial charge is 0.480 e. The quantitative estimate of drug-likeness (QED) is 0.362. The first-order valence-electron chi connectivity index (χ1n) is 3.37. The second kappa shape index (κ2) is 5.20. The van der Waals surface area contributed by atoms with Crippen LogP contribution < -0.4 is 11.5 Å². The minimum absolute atomic E-state index is 0.520. The van der Waals surface area contributed by atoms with Gasteiger partial charge in [-0.05, 0) is 19.4 Å². The number of carboxylic acid groups (broad SMARTS) is 1. The van der Waals surface area contributed by atoms with E-state index < -0.39 is 12.0 Å². The average Bonchev–Trinajstić information content (AvgIpc) is 1.88. The van der Waals surface area contributed by atoms with Gasteiger partial charge in [-0.1, -0.05) is 6.42 Å². The smallest absolute Gasteiger partial charge is 0.320 e. The van der Waals surface area contributed by atoms with Crippen LogP contribution in [0.4, 0.5) is 0 Å². The van der Waals surface area contributed by atoms with Crippen LogP contribution in [0.2, 0.25) is 0 Å². The lowest BCUT2D eigenvalue weighted by Crippen LogP contribution is -2.29. The molecule has 1 unspecified atom stereocenters. The fraction of sp³-hybridized carbons (Fsp3) is 0.833. The summed E-state index contributed by atoms with van der Waals surface area (Å²) in [5.41, 5.74) is 10.4. The van der Waals surface area contributed by atoms with Gasteiger partial charge in [0.2, 0.25) is 0 Å². The third-order valence-electron chi connectivity index (χ3n) is 1.29. The van der Waals surface area contributed by atoms with Crippen LogP contribution in [0.1, 0.15) is 19.3 Å². The van der Waals surface area contributed by atoms with Crippen molar-refractivity contribution in [3.63, 3.8) is 0 Å². The standard InChI is InChI=1S/C6H14N2O2/c7-4-2-1-3-5(8)6(9)10/h5H,1-4,7-8H2,(H,9,10)/i4+1. The number of carboxylic acids is 1. The second-order valence-corrected chi connectivity index (χ2v) is 2.23. The SMILES string of the molecule is N[13CH2]CCCC(N)C(=O)O. The Bertz CT molecular complexity index is 106. The van der Waals surface area contributed by atoms with Crippen molar-refractivity contribution in [3.05, 3.63) is 0 Å². The van der Waals surface area contributed by atoms with Gasteiger partial charge in [0.25, 0.3) is 0 Å². The van der Waals surface area contributed by atoms with E-state index in [-0.39, 0.29) is 0 Å². The number of aliphatic carboxylic acids is 1. The highest BCUT2D eigenvalue weighted by atomic mass is 16.4. The van der Waals surface area contributed by atoms with Gasteiger partial charge in [-0.15, -0.1) is 0 Å². The third kappa shape index (κ3) is 4.29. The molecule has 0 aromatic heterocycles. The van der Waals surface area contributed by atoms with Crippen LogP contribution in [0.5, 0.6) is 0 Å². The number of carbonyl (C=O) groups is 1. The van der Waals surface area contributed by atoms with Crippen LogP contribution in [-0.4, -0.2) is 23.7 Å². The summed E-state index contributed by atoms with van der Waals surface area (Å²) in [4.78, 5) is 10.1. The maximum absolute atomic E-state index is 10.1. The van der Waals surface area contributed by atoms with E-state index in [1.165, 1.54) is 0 Å². The lowest BCUT2D eigenvalue weighted by Gasteiger charge is -2.03. The van der Waals surface area contributed by atoms with Gasteiger partial charge in [0, 0.05) is 0 Å². The molecule has 0 aromatic rings. The molecule has 0 aromatic carbocycles. The van der Waals surface area contributed by atoms with Crippen molar-refractivity contribution in [2.45, 2.75) is 25.3 Å². The van der Waals surface area contributed by atoms with Gasteiger partial charge in [-0.2, -0.15) is 0 Å². The molecule has 0 rings (SSSR count). The highest BCUT2D eigenvalue weighted by molar-refractivity contribution is 5.72. The highest BCUT2D eigenvalue weighted by Gasteiger charge is 2.09. The zero-order valence-corrected chi connectivity index (χ0v) is 5.92. The Labute approximate surface area is 60.2 Å². The van der Waals surface area contributed by atoms with E-state index >= 15 is 0 Å². The molecule has 0 saturated heterocycles. The van der Waals surface area contributed by atoms with Gasteiger partial charge < -0.3 is 16.6 Å². The summed E-state index contributed by atoms with van der Waals surface area (Å²) >= 11 is 0. The molecule has 0 amide bonds. The van der Waals surface area contributed by atoms with E-state index in [9.17, 15) is 4.79 Å². The molecule has 0 saturated carbocycles. The Morgan fingerprint density at radius 3 is 2.50 bits per heavy atom. The van der Waals surface area contributed by atoms with E-state index in [1.54, 1.807) is 0 Å². The third-order valence-corrected chi connectivity index (χ3v) is 1.29. The minimum atomic E-state index is -0.933. The molecule has 0 aliphatic carbocycles. The van der Waals surface area contributed by atoms with Crippen LogP contribution in [0.15, 0.2) is 0 Å². The molecule has 0 aliphatic rings. The van der Waals surface area contributed by atoms with E-state index in [0.717, 1.165) is 12.8 Å². The maximum atomic E-state index is 10.1. The maximum Gasteiger partial charge on any atom is 0.320 e. The van der Waals surface area contributed by atoms with Gasteiger partial charge in [0.1, 0.15) is 6.04 Å². The summed E-state index contributed by atoms with van der Waals surface area (Å²) in [5.74, 6) is -0.933. The molecule has 5 N–H and O–H groups in total. The fourth-order valence-corrected chi connectivity index (χ4v) is 0.632. The summed E-state index contributed by atoms with van der Waals surface area (Å²) < 4.78 is 0. The summed E-state index contributed by atoms with van der Waals surface area (Å²) in [5, 5.41) is 8.33. The van der Waals surface area contributed by atoms with Crippen molar-refractivity contribution >= 4 is 5.97 Å².